The maximum absolute atomic E-state index is 12.8. The van der Waals surface area contributed by atoms with Gasteiger partial charge in [0.25, 0.3) is 5.91 Å². The Morgan fingerprint density at radius 2 is 2.18 bits per heavy atom. The number of rotatable bonds is 6. The van der Waals surface area contributed by atoms with Crippen LogP contribution >= 0.6 is 35.7 Å². The smallest absolute Gasteiger partial charge is 0.266 e. The van der Waals surface area contributed by atoms with Gasteiger partial charge in [-0.1, -0.05) is 24.0 Å². The predicted molar refractivity (Wildman–Crippen MR) is 115 cm³/mol. The molecule has 10 heteroatoms. The number of ether oxygens (including phenoxy) is 2. The number of aliphatic hydroxyl groups excluding tert-OH is 1. The number of thiocarbonyl (C=S) groups is 1. The van der Waals surface area contributed by atoms with Crippen LogP contribution in [0.5, 0.6) is 11.5 Å². The normalized spacial score (nSPS) is 23.4. The van der Waals surface area contributed by atoms with E-state index in [1.807, 2.05) is 0 Å². The lowest BCUT2D eigenvalue weighted by atomic mass is 10.1. The van der Waals surface area contributed by atoms with Crippen LogP contribution in [0.1, 0.15) is 5.56 Å². The number of aliphatic hydroxyl groups is 1. The number of nitrogens with one attached hydrogen (secondary N) is 1. The molecule has 150 valence electrons. The Morgan fingerprint density at radius 3 is 2.82 bits per heavy atom. The number of methoxy groups -OCH3 is 2. The Bertz CT molecular complexity index is 829. The fraction of sp³-hybridized carbons (Fsp3) is 0.389. The van der Waals surface area contributed by atoms with Crippen LogP contribution in [-0.2, 0) is 9.59 Å². The van der Waals surface area contributed by atoms with Crippen molar-refractivity contribution in [2.45, 2.75) is 12.1 Å². The number of amides is 2. The summed E-state index contributed by atoms with van der Waals surface area (Å²) in [5.41, 5.74) is 0.679. The van der Waals surface area contributed by atoms with Gasteiger partial charge in [-0.2, -0.15) is 11.8 Å². The van der Waals surface area contributed by atoms with Gasteiger partial charge in [-0.3, -0.25) is 14.5 Å². The average Bonchev–Trinajstić information content (AvgIpc) is 3.19. The van der Waals surface area contributed by atoms with E-state index in [1.54, 1.807) is 50.3 Å². The van der Waals surface area contributed by atoms with E-state index in [-0.39, 0.29) is 24.4 Å². The fourth-order valence-electron chi connectivity index (χ4n) is 2.81. The first-order valence-electron chi connectivity index (χ1n) is 8.45. The molecule has 0 unspecified atom stereocenters. The molecule has 1 aromatic carbocycles. The summed E-state index contributed by atoms with van der Waals surface area (Å²) in [6.07, 6.45) is 1.11. The summed E-state index contributed by atoms with van der Waals surface area (Å²) in [7, 11) is 3.11. The number of hydrogen-bond acceptors (Lipinski definition) is 8. The van der Waals surface area contributed by atoms with Gasteiger partial charge in [0.1, 0.15) is 22.4 Å². The lowest BCUT2D eigenvalue weighted by Gasteiger charge is -2.18. The van der Waals surface area contributed by atoms with E-state index in [1.165, 1.54) is 4.90 Å². The van der Waals surface area contributed by atoms with Crippen molar-refractivity contribution < 1.29 is 24.2 Å². The van der Waals surface area contributed by atoms with E-state index in [2.05, 4.69) is 5.32 Å². The summed E-state index contributed by atoms with van der Waals surface area (Å²) in [5, 5.41) is 12.6. The van der Waals surface area contributed by atoms with Crippen molar-refractivity contribution in [3.05, 3.63) is 28.7 Å². The molecule has 3 rings (SSSR count). The van der Waals surface area contributed by atoms with Crippen molar-refractivity contribution in [2.75, 3.05) is 32.3 Å². The molecule has 1 aromatic rings. The monoisotopic (exact) mass is 440 g/mol. The van der Waals surface area contributed by atoms with Crippen LogP contribution in [0.2, 0.25) is 0 Å². The van der Waals surface area contributed by atoms with E-state index in [4.69, 9.17) is 21.7 Å². The van der Waals surface area contributed by atoms with Crippen LogP contribution in [0.25, 0.3) is 6.08 Å². The average molecular weight is 441 g/mol. The first-order chi connectivity index (χ1) is 13.4. The lowest BCUT2D eigenvalue weighted by Crippen LogP contribution is -2.47. The van der Waals surface area contributed by atoms with E-state index >= 15 is 0 Å². The molecule has 0 spiro atoms. The second-order valence-corrected chi connectivity index (χ2v) is 8.91. The minimum atomic E-state index is -0.569. The summed E-state index contributed by atoms with van der Waals surface area (Å²) in [4.78, 5) is 26.7. The van der Waals surface area contributed by atoms with Gasteiger partial charge in [0.15, 0.2) is 0 Å². The van der Waals surface area contributed by atoms with Crippen molar-refractivity contribution in [1.82, 2.24) is 10.2 Å². The van der Waals surface area contributed by atoms with Crippen LogP contribution in [0.3, 0.4) is 0 Å². The Labute approximate surface area is 176 Å². The number of nitrogens with zero attached hydrogens (tertiary/aromatic N) is 1. The number of benzene rings is 1. The van der Waals surface area contributed by atoms with Crippen molar-refractivity contribution in [1.29, 1.82) is 0 Å². The van der Waals surface area contributed by atoms with Crippen LogP contribution in [0.4, 0.5) is 0 Å². The first kappa shape index (κ1) is 21.0. The molecular weight excluding hydrogens is 420 g/mol. The second-order valence-electron chi connectivity index (χ2n) is 6.15. The Hall–Kier alpha value is -1.75. The molecule has 2 aliphatic rings. The highest BCUT2D eigenvalue weighted by Gasteiger charge is 2.35. The maximum Gasteiger partial charge on any atom is 0.266 e. The van der Waals surface area contributed by atoms with Crippen LogP contribution in [0.15, 0.2) is 23.1 Å². The third kappa shape index (κ3) is 4.62. The first-order valence-corrected chi connectivity index (χ1v) is 10.8. The van der Waals surface area contributed by atoms with Gasteiger partial charge in [-0.25, -0.2) is 0 Å². The van der Waals surface area contributed by atoms with Gasteiger partial charge >= 0.3 is 0 Å². The topological polar surface area (TPSA) is 88.1 Å². The number of hydrogen-bond donors (Lipinski definition) is 2. The molecule has 2 aliphatic heterocycles. The van der Waals surface area contributed by atoms with E-state index < -0.39 is 6.10 Å². The number of carbonyl (C=O) groups is 2. The molecule has 2 heterocycles. The van der Waals surface area contributed by atoms with Gasteiger partial charge in [0.2, 0.25) is 5.91 Å². The van der Waals surface area contributed by atoms with Gasteiger partial charge in [-0.05, 0) is 24.3 Å². The molecule has 0 saturated carbocycles. The van der Waals surface area contributed by atoms with Crippen LogP contribution in [-0.4, -0.2) is 70.6 Å². The number of thioether (sulfide) groups is 2. The molecule has 0 radical (unpaired) electrons. The molecule has 2 amide bonds. The zero-order chi connectivity index (χ0) is 20.3. The third-order valence-electron chi connectivity index (χ3n) is 4.30. The van der Waals surface area contributed by atoms with Crippen LogP contribution < -0.4 is 14.8 Å². The molecule has 0 aromatic heterocycles. The lowest BCUT2D eigenvalue weighted by molar-refractivity contribution is -0.129. The third-order valence-corrected chi connectivity index (χ3v) is 6.85. The highest BCUT2D eigenvalue weighted by Crippen LogP contribution is 2.35. The standard InChI is InChI=1S/C18H20N2O5S3/c1-24-11-3-4-14(25-2)10(5-11)6-15-17(23)20(18(26)28-15)7-16(22)19-12-8-27-9-13(12)21/h3-6,12-13,21H,7-9H2,1-2H3,(H,19,22)/b15-6-/t12-,13-/m1/s1. The summed E-state index contributed by atoms with van der Waals surface area (Å²) < 4.78 is 10.9. The molecule has 2 atom stereocenters. The van der Waals surface area contributed by atoms with E-state index in [0.29, 0.717) is 37.8 Å². The van der Waals surface area contributed by atoms with Gasteiger partial charge < -0.3 is 19.9 Å². The van der Waals surface area contributed by atoms with Crippen molar-refractivity contribution in [3.63, 3.8) is 0 Å². The highest BCUT2D eigenvalue weighted by molar-refractivity contribution is 8.26. The molecule has 28 heavy (non-hydrogen) atoms. The largest absolute Gasteiger partial charge is 0.497 e. The van der Waals surface area contributed by atoms with Crippen molar-refractivity contribution in [2.24, 2.45) is 0 Å². The van der Waals surface area contributed by atoms with Gasteiger partial charge in [0, 0.05) is 17.1 Å². The Kier molecular flexibility index (Phi) is 6.86. The molecule has 0 aliphatic carbocycles. The fourth-order valence-corrected chi connectivity index (χ4v) is 5.22. The van der Waals surface area contributed by atoms with Crippen molar-refractivity contribution in [3.8, 4) is 11.5 Å². The van der Waals surface area contributed by atoms with E-state index in [9.17, 15) is 14.7 Å². The minimum Gasteiger partial charge on any atom is -0.497 e. The molecular formula is C18H20N2O5S3. The van der Waals surface area contributed by atoms with Gasteiger partial charge in [0.05, 0.1) is 31.3 Å². The molecule has 2 saturated heterocycles. The summed E-state index contributed by atoms with van der Waals surface area (Å²) in [6, 6.07) is 4.98. The number of carbonyl (C=O) groups excluding carboxylic acids is 2. The molecule has 2 fully saturated rings. The Morgan fingerprint density at radius 1 is 1.39 bits per heavy atom. The van der Waals surface area contributed by atoms with Crippen LogP contribution in [0, 0.1) is 0 Å². The highest BCUT2D eigenvalue weighted by atomic mass is 32.2. The Balaban J connectivity index is 1.73. The SMILES string of the molecule is COc1ccc(OC)c(/C=C2\SC(=S)N(CC(=O)N[C@@H]3CSC[C@H]3O)C2=O)c1. The van der Waals surface area contributed by atoms with E-state index in [0.717, 1.165) is 11.8 Å². The molecule has 2 N–H and O–H groups in total. The quantitative estimate of drug-likeness (QED) is 0.508. The minimum absolute atomic E-state index is 0.175. The predicted octanol–water partition coefficient (Wildman–Crippen LogP) is 1.50. The van der Waals surface area contributed by atoms with Gasteiger partial charge in [-0.15, -0.1) is 0 Å². The summed E-state index contributed by atoms with van der Waals surface area (Å²) in [5.74, 6) is 1.80. The maximum atomic E-state index is 12.8. The molecule has 7 nitrogen and oxygen atoms in total. The van der Waals surface area contributed by atoms with Crippen molar-refractivity contribution >= 4 is 58.0 Å². The summed E-state index contributed by atoms with van der Waals surface area (Å²) in [6.45, 7) is -0.175. The second kappa shape index (κ2) is 9.17. The molecule has 0 bridgehead atoms. The summed E-state index contributed by atoms with van der Waals surface area (Å²) >= 11 is 7.99. The zero-order valence-corrected chi connectivity index (χ0v) is 17.8. The zero-order valence-electron chi connectivity index (χ0n) is 15.3.